The van der Waals surface area contributed by atoms with E-state index in [4.69, 9.17) is 0 Å². The van der Waals surface area contributed by atoms with E-state index in [-0.39, 0.29) is 12.4 Å². The Morgan fingerprint density at radius 1 is 1.30 bits per heavy atom. The molecule has 1 aliphatic heterocycles. The second-order valence-electron chi connectivity index (χ2n) is 3.00. The fraction of sp³-hybridized carbons (Fsp3) is 1.00. The van der Waals surface area contributed by atoms with Crippen molar-refractivity contribution < 1.29 is 0 Å². The van der Waals surface area contributed by atoms with Gasteiger partial charge < -0.3 is 4.90 Å². The van der Waals surface area contributed by atoms with Crippen LogP contribution in [0.15, 0.2) is 0 Å². The van der Waals surface area contributed by atoms with Crippen LogP contribution in [0.25, 0.3) is 0 Å². The molecule has 0 aromatic heterocycles. The zero-order valence-corrected chi connectivity index (χ0v) is 7.78. The summed E-state index contributed by atoms with van der Waals surface area (Å²) >= 11 is 0. The molecular weight excluding hydrogens is 146 g/mol. The molecule has 0 radical (unpaired) electrons. The molecule has 1 fully saturated rings. The van der Waals surface area contributed by atoms with Crippen molar-refractivity contribution in [3.05, 3.63) is 0 Å². The molecule has 1 atom stereocenters. The molecule has 1 aliphatic rings. The van der Waals surface area contributed by atoms with Crippen molar-refractivity contribution in [2.45, 2.75) is 39.2 Å². The quantitative estimate of drug-likeness (QED) is 0.604. The summed E-state index contributed by atoms with van der Waals surface area (Å²) in [5.74, 6) is 0. The first-order chi connectivity index (χ1) is 4.34. The average molecular weight is 164 g/mol. The second-order valence-corrected chi connectivity index (χ2v) is 3.00. The summed E-state index contributed by atoms with van der Waals surface area (Å²) in [6.07, 6.45) is 4.15. The van der Waals surface area contributed by atoms with Crippen LogP contribution in [0.2, 0.25) is 0 Å². The van der Waals surface area contributed by atoms with Crippen LogP contribution in [0.3, 0.4) is 0 Å². The smallest absolute Gasteiger partial charge is 0.00643 e. The van der Waals surface area contributed by atoms with Crippen LogP contribution in [0.4, 0.5) is 0 Å². The fourth-order valence-electron chi connectivity index (χ4n) is 1.44. The van der Waals surface area contributed by atoms with Crippen molar-refractivity contribution in [3.63, 3.8) is 0 Å². The van der Waals surface area contributed by atoms with Gasteiger partial charge >= 0.3 is 0 Å². The summed E-state index contributed by atoms with van der Waals surface area (Å²) in [5, 5.41) is 0. The van der Waals surface area contributed by atoms with Crippen LogP contribution in [-0.2, 0) is 0 Å². The van der Waals surface area contributed by atoms with E-state index in [1.165, 1.54) is 32.4 Å². The van der Waals surface area contributed by atoms with Gasteiger partial charge in [-0.05, 0) is 39.3 Å². The molecule has 0 aliphatic carbocycles. The van der Waals surface area contributed by atoms with E-state index in [1.807, 2.05) is 0 Å². The van der Waals surface area contributed by atoms with Gasteiger partial charge in [-0.3, -0.25) is 0 Å². The van der Waals surface area contributed by atoms with Gasteiger partial charge in [-0.15, -0.1) is 12.4 Å². The van der Waals surface area contributed by atoms with Gasteiger partial charge in [0.15, 0.2) is 0 Å². The lowest BCUT2D eigenvalue weighted by Crippen LogP contribution is -2.29. The van der Waals surface area contributed by atoms with Crippen LogP contribution >= 0.6 is 12.4 Å². The zero-order valence-electron chi connectivity index (χ0n) is 6.97. The summed E-state index contributed by atoms with van der Waals surface area (Å²) in [4.78, 5) is 2.58. The van der Waals surface area contributed by atoms with Crippen LogP contribution in [0, 0.1) is 0 Å². The van der Waals surface area contributed by atoms with Crippen molar-refractivity contribution in [2.75, 3.05) is 13.1 Å². The van der Waals surface area contributed by atoms with Gasteiger partial charge in [0.25, 0.3) is 0 Å². The van der Waals surface area contributed by atoms with Gasteiger partial charge in [0.05, 0.1) is 0 Å². The van der Waals surface area contributed by atoms with Crippen molar-refractivity contribution in [1.29, 1.82) is 0 Å². The largest absolute Gasteiger partial charge is 0.301 e. The Morgan fingerprint density at radius 2 is 1.80 bits per heavy atom. The maximum Gasteiger partial charge on any atom is 0.00643 e. The molecule has 1 unspecified atom stereocenters. The van der Waals surface area contributed by atoms with Crippen molar-refractivity contribution >= 4 is 12.4 Å². The van der Waals surface area contributed by atoms with E-state index < -0.39 is 0 Å². The van der Waals surface area contributed by atoms with E-state index >= 15 is 0 Å². The normalized spacial score (nSPS) is 22.2. The summed E-state index contributed by atoms with van der Waals surface area (Å²) < 4.78 is 0. The van der Waals surface area contributed by atoms with E-state index in [9.17, 15) is 0 Å². The number of halogens is 1. The van der Waals surface area contributed by atoms with Gasteiger partial charge in [0, 0.05) is 6.04 Å². The Hall–Kier alpha value is 0.250. The molecule has 2 heteroatoms. The molecule has 0 N–H and O–H groups in total. The van der Waals surface area contributed by atoms with Gasteiger partial charge in [-0.25, -0.2) is 0 Å². The fourth-order valence-corrected chi connectivity index (χ4v) is 1.44. The van der Waals surface area contributed by atoms with Gasteiger partial charge in [0.2, 0.25) is 0 Å². The highest BCUT2D eigenvalue weighted by molar-refractivity contribution is 5.85. The van der Waals surface area contributed by atoms with Crippen molar-refractivity contribution in [1.82, 2.24) is 4.90 Å². The highest BCUT2D eigenvalue weighted by Gasteiger charge is 2.15. The minimum Gasteiger partial charge on any atom is -0.301 e. The molecule has 1 rings (SSSR count). The Bertz CT molecular complexity index is 79.3. The Kier molecular flexibility index (Phi) is 5.10. The Morgan fingerprint density at radius 3 is 2.20 bits per heavy atom. The molecule has 0 bridgehead atoms. The van der Waals surface area contributed by atoms with Crippen LogP contribution in [0.5, 0.6) is 0 Å². The SMILES string of the molecule is CCC(C)N1CCCC1.Cl. The predicted molar refractivity (Wildman–Crippen MR) is 47.8 cm³/mol. The molecule has 1 saturated heterocycles. The molecule has 0 saturated carbocycles. The molecule has 0 amide bonds. The van der Waals surface area contributed by atoms with Crippen LogP contribution in [-0.4, -0.2) is 24.0 Å². The molecule has 0 aromatic carbocycles. The molecule has 0 aromatic rings. The van der Waals surface area contributed by atoms with E-state index in [0.29, 0.717) is 0 Å². The Labute approximate surface area is 70.2 Å². The van der Waals surface area contributed by atoms with E-state index in [1.54, 1.807) is 0 Å². The number of likely N-dealkylation sites (tertiary alicyclic amines) is 1. The topological polar surface area (TPSA) is 3.24 Å². The summed E-state index contributed by atoms with van der Waals surface area (Å²) in [6.45, 7) is 7.28. The van der Waals surface area contributed by atoms with Gasteiger partial charge in [0.1, 0.15) is 0 Å². The molecule has 10 heavy (non-hydrogen) atoms. The lowest BCUT2D eigenvalue weighted by atomic mass is 10.2. The third kappa shape index (κ3) is 2.47. The van der Waals surface area contributed by atoms with E-state index in [2.05, 4.69) is 18.7 Å². The van der Waals surface area contributed by atoms with Gasteiger partial charge in [-0.1, -0.05) is 6.92 Å². The zero-order chi connectivity index (χ0) is 6.69. The lowest BCUT2D eigenvalue weighted by Gasteiger charge is -2.21. The highest BCUT2D eigenvalue weighted by Crippen LogP contribution is 2.12. The molecular formula is C8H18ClN. The average Bonchev–Trinajstić information content (AvgIpc) is 2.37. The second kappa shape index (κ2) is 4.97. The predicted octanol–water partition coefficient (Wildman–Crippen LogP) is 2.30. The Balaban J connectivity index is 0.000000810. The van der Waals surface area contributed by atoms with Crippen molar-refractivity contribution in [3.8, 4) is 0 Å². The first kappa shape index (κ1) is 10.2. The number of hydrogen-bond acceptors (Lipinski definition) is 1. The maximum atomic E-state index is 2.58. The van der Waals surface area contributed by atoms with Crippen molar-refractivity contribution in [2.24, 2.45) is 0 Å². The third-order valence-corrected chi connectivity index (χ3v) is 2.35. The third-order valence-electron chi connectivity index (χ3n) is 2.35. The summed E-state index contributed by atoms with van der Waals surface area (Å²) in [7, 11) is 0. The molecule has 1 heterocycles. The summed E-state index contributed by atoms with van der Waals surface area (Å²) in [6, 6.07) is 0.826. The first-order valence-corrected chi connectivity index (χ1v) is 4.08. The first-order valence-electron chi connectivity index (χ1n) is 4.08. The van der Waals surface area contributed by atoms with Gasteiger partial charge in [-0.2, -0.15) is 0 Å². The van der Waals surface area contributed by atoms with Crippen LogP contribution < -0.4 is 0 Å². The molecule has 0 spiro atoms. The number of nitrogens with zero attached hydrogens (tertiary/aromatic N) is 1. The van der Waals surface area contributed by atoms with Crippen LogP contribution in [0.1, 0.15) is 33.1 Å². The number of hydrogen-bond donors (Lipinski definition) is 0. The maximum absolute atomic E-state index is 2.58. The molecule has 62 valence electrons. The monoisotopic (exact) mass is 163 g/mol. The standard InChI is InChI=1S/C8H17N.ClH/c1-3-8(2)9-6-4-5-7-9;/h8H,3-7H2,1-2H3;1H. The lowest BCUT2D eigenvalue weighted by molar-refractivity contribution is 0.253. The minimum atomic E-state index is 0. The highest BCUT2D eigenvalue weighted by atomic mass is 35.5. The number of rotatable bonds is 2. The minimum absolute atomic E-state index is 0. The summed E-state index contributed by atoms with van der Waals surface area (Å²) in [5.41, 5.74) is 0. The van der Waals surface area contributed by atoms with E-state index in [0.717, 1.165) is 6.04 Å². The molecule has 1 nitrogen and oxygen atoms in total.